The molecule has 2 N–H and O–H groups in total. The number of ether oxygens (including phenoxy) is 4. The van der Waals surface area contributed by atoms with Crippen LogP contribution >= 0.6 is 0 Å². The quantitative estimate of drug-likeness (QED) is 0.727. The second-order valence-corrected chi connectivity index (χ2v) is 6.33. The normalized spacial score (nSPS) is 29.9. The van der Waals surface area contributed by atoms with Gasteiger partial charge >= 0.3 is 0 Å². The molecule has 0 amide bonds. The van der Waals surface area contributed by atoms with Gasteiger partial charge in [0.1, 0.15) is 22.7 Å². The molecular formula is C19H22N4O4. The minimum atomic E-state index is -1.65. The summed E-state index contributed by atoms with van der Waals surface area (Å²) in [5, 5.41) is 20.3. The number of nitrogens with two attached hydrogens (primary N) is 1. The Bertz CT molecular complexity index is 865. The van der Waals surface area contributed by atoms with Crippen molar-refractivity contribution in [2.24, 2.45) is 21.6 Å². The smallest absolute Gasteiger partial charge is 0.293 e. The molecule has 1 aromatic carbocycles. The molecule has 0 spiro atoms. The highest BCUT2D eigenvalue weighted by molar-refractivity contribution is 6.00. The van der Waals surface area contributed by atoms with Crippen LogP contribution in [-0.4, -0.2) is 39.2 Å². The molecule has 8 nitrogen and oxygen atoms in total. The molecule has 8 heteroatoms. The highest BCUT2D eigenvalue weighted by Gasteiger charge is 2.94. The predicted molar refractivity (Wildman–Crippen MR) is 96.0 cm³/mol. The first-order chi connectivity index (χ1) is 13.0. The van der Waals surface area contributed by atoms with Gasteiger partial charge < -0.3 is 24.7 Å². The summed E-state index contributed by atoms with van der Waals surface area (Å²) < 4.78 is 22.4. The third-order valence-corrected chi connectivity index (χ3v) is 5.36. The summed E-state index contributed by atoms with van der Waals surface area (Å²) in [7, 11) is 3.07. The number of nitrogens with zero attached hydrogens (tertiary/aromatic N) is 3. The molecule has 3 rings (SSSR count). The Morgan fingerprint density at radius 1 is 1.11 bits per heavy atom. The van der Waals surface area contributed by atoms with Crippen molar-refractivity contribution in [1.82, 2.24) is 0 Å². The van der Waals surface area contributed by atoms with E-state index in [2.05, 4.69) is 17.1 Å². The number of fused-ring (bicyclic) bond motifs is 1. The number of hydrogen-bond donors (Lipinski definition) is 1. The van der Waals surface area contributed by atoms with Crippen molar-refractivity contribution in [1.29, 1.82) is 10.5 Å². The van der Waals surface area contributed by atoms with E-state index in [0.29, 0.717) is 17.1 Å². The number of hydrogen-bond acceptors (Lipinski definition) is 8. The fraction of sp³-hybridized carbons (Fsp3) is 0.526. The number of benzene rings is 1. The summed E-state index contributed by atoms with van der Waals surface area (Å²) >= 11 is 0. The topological polar surface area (TPSA) is 123 Å². The minimum Gasteiger partial charge on any atom is -0.497 e. The van der Waals surface area contributed by atoms with Crippen LogP contribution in [0.15, 0.2) is 23.2 Å². The maximum absolute atomic E-state index is 10.2. The summed E-state index contributed by atoms with van der Waals surface area (Å²) in [5.74, 6) is -1.16. The van der Waals surface area contributed by atoms with E-state index in [9.17, 15) is 10.5 Å². The van der Waals surface area contributed by atoms with Crippen LogP contribution in [0.25, 0.3) is 0 Å². The third-order valence-electron chi connectivity index (χ3n) is 5.36. The number of aliphatic imine (C=N–C) groups is 1. The highest BCUT2D eigenvalue weighted by Crippen LogP contribution is 2.82. The van der Waals surface area contributed by atoms with Gasteiger partial charge in [-0.15, -0.1) is 0 Å². The Morgan fingerprint density at radius 3 is 2.26 bits per heavy atom. The summed E-state index contributed by atoms with van der Waals surface area (Å²) in [6, 6.07) is 9.72. The molecule has 0 aromatic heterocycles. The van der Waals surface area contributed by atoms with Crippen LogP contribution in [0.5, 0.6) is 11.5 Å². The molecule has 0 unspecified atom stereocenters. The van der Waals surface area contributed by atoms with Crippen molar-refractivity contribution in [3.8, 4) is 23.6 Å². The summed E-state index contributed by atoms with van der Waals surface area (Å²) in [5.41, 5.74) is 4.03. The molecule has 27 heavy (non-hydrogen) atoms. The molecule has 0 saturated heterocycles. The van der Waals surface area contributed by atoms with Crippen molar-refractivity contribution in [2.45, 2.75) is 25.7 Å². The second-order valence-electron chi connectivity index (χ2n) is 6.33. The lowest BCUT2D eigenvalue weighted by Crippen LogP contribution is -2.43. The molecule has 1 saturated carbocycles. The first-order valence-electron chi connectivity index (χ1n) is 8.66. The van der Waals surface area contributed by atoms with Crippen molar-refractivity contribution < 1.29 is 18.9 Å². The number of amidine groups is 1. The summed E-state index contributed by atoms with van der Waals surface area (Å²) in [4.78, 5) is 4.32. The van der Waals surface area contributed by atoms with Gasteiger partial charge in [0.05, 0.1) is 26.4 Å². The average Bonchev–Trinajstić information content (AvgIpc) is 3.26. The second kappa shape index (κ2) is 6.41. The molecule has 1 aliphatic carbocycles. The fourth-order valence-corrected chi connectivity index (χ4v) is 4.28. The van der Waals surface area contributed by atoms with E-state index in [1.54, 1.807) is 39.2 Å². The first kappa shape index (κ1) is 19.0. The standard InChI is InChI=1S/C19H22N4O4/c1-5-26-19(27-6-2)18(11-21)15(17(18,10-20)16(22)23-19)13-9-12(24-3)7-8-14(13)25-4/h7-9,15H,5-6H2,1-4H3,(H2,22,23)/t15-,17-,18-/m1/s1. The van der Waals surface area contributed by atoms with Crippen LogP contribution in [0.2, 0.25) is 0 Å². The maximum atomic E-state index is 10.2. The van der Waals surface area contributed by atoms with Gasteiger partial charge in [-0.3, -0.25) is 0 Å². The Hall–Kier alpha value is -2.81. The van der Waals surface area contributed by atoms with Gasteiger partial charge in [-0.1, -0.05) is 0 Å². The van der Waals surface area contributed by atoms with Gasteiger partial charge in [-0.05, 0) is 32.0 Å². The van der Waals surface area contributed by atoms with E-state index in [1.807, 2.05) is 0 Å². The van der Waals surface area contributed by atoms with Gasteiger partial charge in [0.2, 0.25) is 0 Å². The molecule has 0 bridgehead atoms. The number of nitriles is 2. The molecule has 2 aliphatic rings. The van der Waals surface area contributed by atoms with Gasteiger partial charge in [0, 0.05) is 24.7 Å². The largest absolute Gasteiger partial charge is 0.497 e. The molecule has 1 aromatic rings. The Kier molecular flexibility index (Phi) is 4.51. The molecular weight excluding hydrogens is 348 g/mol. The summed E-state index contributed by atoms with van der Waals surface area (Å²) in [6.45, 7) is 4.02. The third kappa shape index (κ3) is 2.05. The zero-order valence-corrected chi connectivity index (χ0v) is 15.8. The molecule has 1 fully saturated rings. The van der Waals surface area contributed by atoms with E-state index < -0.39 is 22.7 Å². The van der Waals surface area contributed by atoms with Crippen LogP contribution in [0.3, 0.4) is 0 Å². The molecule has 0 radical (unpaired) electrons. The SMILES string of the molecule is CCOC1(OCC)N=C(N)[C@@]2(C#N)[C@@H](c3cc(OC)ccc3OC)[C@@]12C#N. The fourth-order valence-electron chi connectivity index (χ4n) is 4.28. The molecule has 1 aliphatic heterocycles. The maximum Gasteiger partial charge on any atom is 0.293 e. The first-order valence-corrected chi connectivity index (χ1v) is 8.66. The minimum absolute atomic E-state index is 0.0309. The van der Waals surface area contributed by atoms with E-state index in [-0.39, 0.29) is 19.0 Å². The van der Waals surface area contributed by atoms with E-state index in [0.717, 1.165) is 0 Å². The lowest BCUT2D eigenvalue weighted by atomic mass is 9.93. The summed E-state index contributed by atoms with van der Waals surface area (Å²) in [6.07, 6.45) is 0. The molecule has 142 valence electrons. The van der Waals surface area contributed by atoms with E-state index in [4.69, 9.17) is 24.7 Å². The van der Waals surface area contributed by atoms with Crippen molar-refractivity contribution in [3.63, 3.8) is 0 Å². The van der Waals surface area contributed by atoms with Gasteiger partial charge in [-0.2, -0.15) is 10.5 Å². The molecule has 1 heterocycles. The van der Waals surface area contributed by atoms with Crippen LogP contribution in [-0.2, 0) is 9.47 Å². The van der Waals surface area contributed by atoms with Gasteiger partial charge in [0.25, 0.3) is 5.91 Å². The Morgan fingerprint density at radius 2 is 1.78 bits per heavy atom. The lowest BCUT2D eigenvalue weighted by molar-refractivity contribution is -0.255. The number of rotatable bonds is 7. The Balaban J connectivity index is 2.27. The zero-order valence-electron chi connectivity index (χ0n) is 15.8. The highest BCUT2D eigenvalue weighted by atomic mass is 16.7. The van der Waals surface area contributed by atoms with Crippen molar-refractivity contribution in [3.05, 3.63) is 23.8 Å². The van der Waals surface area contributed by atoms with Gasteiger partial charge in [-0.25, -0.2) is 4.99 Å². The monoisotopic (exact) mass is 370 g/mol. The van der Waals surface area contributed by atoms with Crippen LogP contribution in [0.1, 0.15) is 25.3 Å². The molecule has 3 atom stereocenters. The van der Waals surface area contributed by atoms with Gasteiger partial charge in [0.15, 0.2) is 5.41 Å². The Labute approximate surface area is 158 Å². The zero-order chi connectivity index (χ0) is 19.9. The van der Waals surface area contributed by atoms with Crippen molar-refractivity contribution in [2.75, 3.05) is 27.4 Å². The van der Waals surface area contributed by atoms with E-state index in [1.165, 1.54) is 7.11 Å². The van der Waals surface area contributed by atoms with Crippen LogP contribution in [0.4, 0.5) is 0 Å². The van der Waals surface area contributed by atoms with Crippen molar-refractivity contribution >= 4 is 5.84 Å². The number of methoxy groups -OCH3 is 2. The predicted octanol–water partition coefficient (Wildman–Crippen LogP) is 1.92. The lowest BCUT2D eigenvalue weighted by Gasteiger charge is -2.31. The van der Waals surface area contributed by atoms with E-state index >= 15 is 0 Å². The van der Waals surface area contributed by atoms with Crippen LogP contribution < -0.4 is 15.2 Å². The van der Waals surface area contributed by atoms with Crippen LogP contribution in [0, 0.1) is 33.5 Å². The average molecular weight is 370 g/mol.